The molecule has 4 aromatic rings. The van der Waals surface area contributed by atoms with Gasteiger partial charge in [0.25, 0.3) is 5.82 Å². The predicted molar refractivity (Wildman–Crippen MR) is 92.0 cm³/mol. The third-order valence-electron chi connectivity index (χ3n) is 4.02. The standard InChI is InChI=1S/C17H13ClFN5/c1-9-22-15-10(7-24(9)2)5-14-16(21-8-20-14)17(15)23-11-3-4-13(19)12(18)6-11/h3-8,23H,1-2H3/p+1. The van der Waals surface area contributed by atoms with Gasteiger partial charge in [-0.25, -0.2) is 13.9 Å². The zero-order chi connectivity index (χ0) is 16.8. The average Bonchev–Trinajstić information content (AvgIpc) is 3.01. The summed E-state index contributed by atoms with van der Waals surface area (Å²) in [5.41, 5.74) is 3.89. The van der Waals surface area contributed by atoms with Gasteiger partial charge in [-0.1, -0.05) is 11.6 Å². The van der Waals surface area contributed by atoms with Crippen molar-refractivity contribution in [1.82, 2.24) is 15.0 Å². The predicted octanol–water partition coefficient (Wildman–Crippen LogP) is 3.78. The number of hydrogen-bond acceptors (Lipinski definition) is 3. The van der Waals surface area contributed by atoms with Crippen molar-refractivity contribution in [2.24, 2.45) is 7.05 Å². The van der Waals surface area contributed by atoms with E-state index < -0.39 is 5.82 Å². The molecule has 5 nitrogen and oxygen atoms in total. The summed E-state index contributed by atoms with van der Waals surface area (Å²) in [5.74, 6) is 0.420. The number of aromatic nitrogens is 4. The largest absolute Gasteiger partial charge is 0.350 e. The van der Waals surface area contributed by atoms with Gasteiger partial charge in [0, 0.05) is 12.6 Å². The highest BCUT2D eigenvalue weighted by Gasteiger charge is 2.18. The second-order valence-corrected chi connectivity index (χ2v) is 6.05. The molecule has 7 heteroatoms. The summed E-state index contributed by atoms with van der Waals surface area (Å²) in [6.45, 7) is 1.94. The third-order valence-corrected chi connectivity index (χ3v) is 4.31. The van der Waals surface area contributed by atoms with Crippen molar-refractivity contribution in [3.63, 3.8) is 0 Å². The molecule has 0 saturated heterocycles. The molecule has 4 rings (SSSR count). The second-order valence-electron chi connectivity index (χ2n) is 5.64. The number of hydrogen-bond donors (Lipinski definition) is 2. The zero-order valence-corrected chi connectivity index (χ0v) is 13.8. The number of nitrogens with zero attached hydrogens (tertiary/aromatic N) is 3. The van der Waals surface area contributed by atoms with Gasteiger partial charge in [0.05, 0.1) is 29.3 Å². The number of halogens is 2. The Balaban J connectivity index is 1.97. The molecule has 2 aromatic carbocycles. The lowest BCUT2D eigenvalue weighted by atomic mass is 10.1. The van der Waals surface area contributed by atoms with Gasteiger partial charge in [-0.2, -0.15) is 0 Å². The van der Waals surface area contributed by atoms with Crippen LogP contribution in [0, 0.1) is 12.7 Å². The van der Waals surface area contributed by atoms with E-state index in [9.17, 15) is 4.39 Å². The van der Waals surface area contributed by atoms with E-state index >= 15 is 0 Å². The van der Waals surface area contributed by atoms with Crippen molar-refractivity contribution in [2.75, 3.05) is 5.32 Å². The number of nitrogens with one attached hydrogen (secondary N) is 2. The molecule has 2 aromatic heterocycles. The number of fused-ring (bicyclic) bond motifs is 2. The van der Waals surface area contributed by atoms with Crippen molar-refractivity contribution >= 4 is 44.9 Å². The van der Waals surface area contributed by atoms with Crippen molar-refractivity contribution < 1.29 is 8.96 Å². The Morgan fingerprint density at radius 2 is 2.08 bits per heavy atom. The van der Waals surface area contributed by atoms with Crippen LogP contribution >= 0.6 is 11.6 Å². The molecular formula is C17H14ClFN5+. The molecule has 0 aliphatic rings. The fraction of sp³-hybridized carbons (Fsp3) is 0.118. The normalized spacial score (nSPS) is 11.3. The van der Waals surface area contributed by atoms with E-state index in [0.717, 1.165) is 33.4 Å². The Bertz CT molecular complexity index is 1090. The van der Waals surface area contributed by atoms with Crippen molar-refractivity contribution in [2.45, 2.75) is 6.92 Å². The first-order chi connectivity index (χ1) is 11.5. The quantitative estimate of drug-likeness (QED) is 0.545. The minimum atomic E-state index is -0.453. The number of benzene rings is 2. The fourth-order valence-corrected chi connectivity index (χ4v) is 2.87. The van der Waals surface area contributed by atoms with Crippen molar-refractivity contribution in [3.05, 3.63) is 53.5 Å². The first-order valence-corrected chi connectivity index (χ1v) is 7.76. The van der Waals surface area contributed by atoms with E-state index in [2.05, 4.69) is 20.3 Å². The molecule has 0 unspecified atom stereocenters. The summed E-state index contributed by atoms with van der Waals surface area (Å²) in [7, 11) is 1.95. The molecule has 0 spiro atoms. The maximum Gasteiger partial charge on any atom is 0.295 e. The van der Waals surface area contributed by atoms with Crippen LogP contribution in [-0.4, -0.2) is 15.0 Å². The molecule has 24 heavy (non-hydrogen) atoms. The van der Waals surface area contributed by atoms with Crippen LogP contribution in [0.3, 0.4) is 0 Å². The number of imidazole rings is 1. The van der Waals surface area contributed by atoms with Gasteiger partial charge in [-0.3, -0.25) is 0 Å². The van der Waals surface area contributed by atoms with E-state index in [1.165, 1.54) is 6.07 Å². The number of aromatic amines is 1. The summed E-state index contributed by atoms with van der Waals surface area (Å²) in [6.07, 6.45) is 3.65. The summed E-state index contributed by atoms with van der Waals surface area (Å²) in [5, 5.41) is 4.32. The van der Waals surface area contributed by atoms with E-state index in [1.54, 1.807) is 18.5 Å². The summed E-state index contributed by atoms with van der Waals surface area (Å²) < 4.78 is 15.4. The van der Waals surface area contributed by atoms with Gasteiger partial charge in [-0.05, 0) is 29.2 Å². The molecular weight excluding hydrogens is 329 g/mol. The maximum absolute atomic E-state index is 13.4. The Kier molecular flexibility index (Phi) is 3.35. The van der Waals surface area contributed by atoms with Gasteiger partial charge in [0.1, 0.15) is 23.2 Å². The van der Waals surface area contributed by atoms with Crippen LogP contribution in [0.4, 0.5) is 15.8 Å². The monoisotopic (exact) mass is 342 g/mol. The smallest absolute Gasteiger partial charge is 0.295 e. The Hall–Kier alpha value is -2.73. The summed E-state index contributed by atoms with van der Waals surface area (Å²) in [6, 6.07) is 6.52. The first kappa shape index (κ1) is 14.8. The number of anilines is 2. The molecule has 0 fully saturated rings. The Morgan fingerprint density at radius 3 is 2.88 bits per heavy atom. The highest BCUT2D eigenvalue weighted by molar-refractivity contribution is 6.31. The molecule has 0 aliphatic carbocycles. The van der Waals surface area contributed by atoms with Crippen molar-refractivity contribution in [3.8, 4) is 0 Å². The van der Waals surface area contributed by atoms with Crippen LogP contribution in [0.5, 0.6) is 0 Å². The molecule has 0 bridgehead atoms. The van der Waals surface area contributed by atoms with Gasteiger partial charge in [0.2, 0.25) is 5.52 Å². The molecule has 0 radical (unpaired) electrons. The lowest BCUT2D eigenvalue weighted by molar-refractivity contribution is -0.679. The zero-order valence-electron chi connectivity index (χ0n) is 13.1. The van der Waals surface area contributed by atoms with Crippen LogP contribution in [0.2, 0.25) is 5.02 Å². The lowest BCUT2D eigenvalue weighted by Crippen LogP contribution is -2.32. The topological polar surface area (TPSA) is 57.5 Å². The molecule has 2 heterocycles. The van der Waals surface area contributed by atoms with Gasteiger partial charge in [0.15, 0.2) is 0 Å². The lowest BCUT2D eigenvalue weighted by Gasteiger charge is -2.09. The highest BCUT2D eigenvalue weighted by atomic mass is 35.5. The van der Waals surface area contributed by atoms with Gasteiger partial charge < -0.3 is 10.3 Å². The van der Waals surface area contributed by atoms with Crippen LogP contribution in [0.1, 0.15) is 5.82 Å². The van der Waals surface area contributed by atoms with E-state index in [1.807, 2.05) is 30.8 Å². The van der Waals surface area contributed by atoms with Gasteiger partial charge >= 0.3 is 0 Å². The Morgan fingerprint density at radius 1 is 1.25 bits per heavy atom. The molecule has 2 N–H and O–H groups in total. The summed E-state index contributed by atoms with van der Waals surface area (Å²) in [4.78, 5) is 12.2. The summed E-state index contributed by atoms with van der Waals surface area (Å²) >= 11 is 5.89. The van der Waals surface area contributed by atoms with Crippen LogP contribution in [-0.2, 0) is 7.05 Å². The van der Waals surface area contributed by atoms with Crippen molar-refractivity contribution in [1.29, 1.82) is 0 Å². The highest BCUT2D eigenvalue weighted by Crippen LogP contribution is 2.32. The minimum absolute atomic E-state index is 0.0639. The minimum Gasteiger partial charge on any atom is -0.350 e. The van der Waals surface area contributed by atoms with E-state index in [0.29, 0.717) is 5.69 Å². The fourth-order valence-electron chi connectivity index (χ4n) is 2.69. The van der Waals surface area contributed by atoms with E-state index in [4.69, 9.17) is 11.6 Å². The average molecular weight is 343 g/mol. The number of H-pyrrole nitrogens is 1. The Labute approximate surface area is 142 Å². The molecule has 0 amide bonds. The second kappa shape index (κ2) is 5.42. The third kappa shape index (κ3) is 2.35. The number of rotatable bonds is 2. The van der Waals surface area contributed by atoms with Crippen LogP contribution < -0.4 is 9.88 Å². The SMILES string of the molecule is Cc1nc2c(Nc3ccc(F)c(Cl)c3)c3nc[nH]c3cc2c[n+]1C. The molecule has 0 saturated carbocycles. The van der Waals surface area contributed by atoms with Gasteiger partial charge in [-0.15, -0.1) is 0 Å². The molecule has 0 atom stereocenters. The van der Waals surface area contributed by atoms with E-state index in [-0.39, 0.29) is 5.02 Å². The maximum atomic E-state index is 13.4. The van der Waals surface area contributed by atoms with Crippen LogP contribution in [0.15, 0.2) is 36.8 Å². The number of aryl methyl sites for hydroxylation is 2. The van der Waals surface area contributed by atoms with Crippen LogP contribution in [0.25, 0.3) is 21.9 Å². The first-order valence-electron chi connectivity index (χ1n) is 7.38. The molecule has 120 valence electrons. The molecule has 0 aliphatic heterocycles.